The molecule has 1 saturated heterocycles. The van der Waals surface area contributed by atoms with Crippen molar-refractivity contribution in [1.82, 2.24) is 4.90 Å². The first-order valence-corrected chi connectivity index (χ1v) is 10.2. The Kier molecular flexibility index (Phi) is 12.4. The summed E-state index contributed by atoms with van der Waals surface area (Å²) in [7, 11) is 0. The van der Waals surface area contributed by atoms with Crippen molar-refractivity contribution in [2.45, 2.75) is 52.9 Å². The molecule has 0 radical (unpaired) electrons. The van der Waals surface area contributed by atoms with Crippen molar-refractivity contribution in [3.63, 3.8) is 0 Å². The lowest BCUT2D eigenvalue weighted by Gasteiger charge is -2.25. The minimum Gasteiger partial charge on any atom is -0.469 e. The molecule has 1 aliphatic rings. The second-order valence-corrected chi connectivity index (χ2v) is 7.28. The van der Waals surface area contributed by atoms with E-state index >= 15 is 0 Å². The fourth-order valence-corrected chi connectivity index (χ4v) is 3.41. The lowest BCUT2D eigenvalue weighted by atomic mass is 9.85. The van der Waals surface area contributed by atoms with Gasteiger partial charge in [-0.05, 0) is 62.3 Å². The first kappa shape index (κ1) is 22.9. The second-order valence-electron chi connectivity index (χ2n) is 7.28. The maximum absolute atomic E-state index is 9.27. The fourth-order valence-electron chi connectivity index (χ4n) is 3.41. The van der Waals surface area contributed by atoms with E-state index in [4.69, 9.17) is 9.47 Å². The van der Waals surface area contributed by atoms with E-state index in [2.05, 4.69) is 44.4 Å². The number of rotatable bonds is 14. The Labute approximate surface area is 160 Å². The molecule has 26 heavy (non-hydrogen) atoms. The van der Waals surface area contributed by atoms with Gasteiger partial charge < -0.3 is 19.5 Å². The second kappa shape index (κ2) is 14.0. The van der Waals surface area contributed by atoms with Crippen LogP contribution in [0, 0.1) is 11.8 Å². The van der Waals surface area contributed by atoms with Gasteiger partial charge in [-0.25, -0.2) is 0 Å². The van der Waals surface area contributed by atoms with Gasteiger partial charge in [0, 0.05) is 6.54 Å². The Morgan fingerprint density at radius 1 is 1.31 bits per heavy atom. The Hall–Kier alpha value is -1.10. The van der Waals surface area contributed by atoms with E-state index in [1.54, 1.807) is 0 Å². The van der Waals surface area contributed by atoms with Crippen molar-refractivity contribution < 1.29 is 14.6 Å². The molecule has 4 heteroatoms. The van der Waals surface area contributed by atoms with Crippen LogP contribution in [0.4, 0.5) is 0 Å². The van der Waals surface area contributed by atoms with Crippen LogP contribution in [0.1, 0.15) is 52.9 Å². The molecule has 0 aromatic heterocycles. The number of allylic oxidation sites excluding steroid dienone is 4. The third kappa shape index (κ3) is 9.02. The monoisotopic (exact) mass is 365 g/mol. The quantitative estimate of drug-likeness (QED) is 0.459. The summed E-state index contributed by atoms with van der Waals surface area (Å²) in [6, 6.07) is 0. The summed E-state index contributed by atoms with van der Waals surface area (Å²) in [5.74, 6) is 2.05. The van der Waals surface area contributed by atoms with Crippen LogP contribution in [0.3, 0.4) is 0 Å². The standard InChI is InChI=1S/C22H39NO3/c1-5-8-11-23(13-14-24)12-10-19(4)15-20(7-3)21(9-6-2)16-22-17-25-18-26-22/h6,9,16,19-20,24H,2,5,7-8,10-15,17-18H2,1,3-4H3/b21-9+,22-16+. The summed E-state index contributed by atoms with van der Waals surface area (Å²) in [5, 5.41) is 9.27. The van der Waals surface area contributed by atoms with Crippen LogP contribution in [0.2, 0.25) is 0 Å². The number of aliphatic hydroxyl groups excluding tert-OH is 1. The minimum absolute atomic E-state index is 0.248. The average molecular weight is 366 g/mol. The number of hydrogen-bond donors (Lipinski definition) is 1. The average Bonchev–Trinajstić information content (AvgIpc) is 3.14. The molecule has 0 amide bonds. The predicted octanol–water partition coefficient (Wildman–Crippen LogP) is 4.52. The molecule has 1 aliphatic heterocycles. The van der Waals surface area contributed by atoms with E-state index in [-0.39, 0.29) is 6.61 Å². The molecule has 4 nitrogen and oxygen atoms in total. The molecule has 0 aliphatic carbocycles. The van der Waals surface area contributed by atoms with E-state index in [9.17, 15) is 5.11 Å². The van der Waals surface area contributed by atoms with Crippen molar-refractivity contribution >= 4 is 0 Å². The summed E-state index contributed by atoms with van der Waals surface area (Å²) < 4.78 is 10.8. The van der Waals surface area contributed by atoms with Gasteiger partial charge in [-0.3, -0.25) is 0 Å². The number of hydrogen-bond acceptors (Lipinski definition) is 4. The predicted molar refractivity (Wildman–Crippen MR) is 109 cm³/mol. The number of ether oxygens (including phenoxy) is 2. The van der Waals surface area contributed by atoms with Crippen LogP contribution in [-0.4, -0.2) is 49.6 Å². The molecule has 1 fully saturated rings. The van der Waals surface area contributed by atoms with Crippen LogP contribution in [-0.2, 0) is 9.47 Å². The summed E-state index contributed by atoms with van der Waals surface area (Å²) in [6.45, 7) is 14.8. The van der Waals surface area contributed by atoms with Crippen molar-refractivity contribution in [3.8, 4) is 0 Å². The molecule has 0 aromatic carbocycles. The van der Waals surface area contributed by atoms with Gasteiger partial charge in [0.2, 0.25) is 0 Å². The van der Waals surface area contributed by atoms with E-state index in [1.807, 2.05) is 6.08 Å². The maximum atomic E-state index is 9.27. The van der Waals surface area contributed by atoms with Crippen LogP contribution < -0.4 is 0 Å². The van der Waals surface area contributed by atoms with Gasteiger partial charge in [0.1, 0.15) is 12.4 Å². The lowest BCUT2D eigenvalue weighted by Crippen LogP contribution is -2.30. The highest BCUT2D eigenvalue weighted by Gasteiger charge is 2.18. The third-order valence-corrected chi connectivity index (χ3v) is 5.04. The zero-order valence-corrected chi connectivity index (χ0v) is 17.1. The highest BCUT2D eigenvalue weighted by Crippen LogP contribution is 2.28. The first-order chi connectivity index (χ1) is 12.6. The normalized spacial score (nSPS) is 19.0. The van der Waals surface area contributed by atoms with Gasteiger partial charge in [0.15, 0.2) is 6.79 Å². The van der Waals surface area contributed by atoms with E-state index in [1.165, 1.54) is 18.4 Å². The summed E-state index contributed by atoms with van der Waals surface area (Å²) in [6.07, 6.45) is 11.9. The Balaban J connectivity index is 2.58. The van der Waals surface area contributed by atoms with Crippen LogP contribution in [0.5, 0.6) is 0 Å². The zero-order chi connectivity index (χ0) is 19.2. The minimum atomic E-state index is 0.248. The van der Waals surface area contributed by atoms with Gasteiger partial charge in [-0.15, -0.1) is 0 Å². The van der Waals surface area contributed by atoms with Gasteiger partial charge in [-0.1, -0.05) is 45.9 Å². The van der Waals surface area contributed by atoms with E-state index in [0.29, 0.717) is 25.2 Å². The highest BCUT2D eigenvalue weighted by molar-refractivity contribution is 5.28. The molecule has 150 valence electrons. The highest BCUT2D eigenvalue weighted by atomic mass is 16.7. The van der Waals surface area contributed by atoms with Gasteiger partial charge in [0.25, 0.3) is 0 Å². The summed E-state index contributed by atoms with van der Waals surface area (Å²) in [5.41, 5.74) is 1.29. The van der Waals surface area contributed by atoms with Gasteiger partial charge in [0.05, 0.1) is 6.61 Å². The van der Waals surface area contributed by atoms with Crippen LogP contribution >= 0.6 is 0 Å². The van der Waals surface area contributed by atoms with Crippen molar-refractivity contribution in [2.75, 3.05) is 39.6 Å². The fraction of sp³-hybridized carbons (Fsp3) is 0.727. The Morgan fingerprint density at radius 2 is 2.12 bits per heavy atom. The van der Waals surface area contributed by atoms with E-state index in [0.717, 1.165) is 44.7 Å². The molecule has 0 spiro atoms. The first-order valence-electron chi connectivity index (χ1n) is 10.2. The largest absolute Gasteiger partial charge is 0.469 e. The topological polar surface area (TPSA) is 41.9 Å². The molecule has 1 N–H and O–H groups in total. The molecular weight excluding hydrogens is 326 g/mol. The number of nitrogens with zero attached hydrogens (tertiary/aromatic N) is 1. The molecule has 1 rings (SSSR count). The van der Waals surface area contributed by atoms with Crippen molar-refractivity contribution in [3.05, 3.63) is 36.1 Å². The SMILES string of the molecule is C=C/C=C(\C=C1/COCO1)C(CC)CC(C)CCN(CCO)CCCC. The Bertz CT molecular complexity index is 437. The summed E-state index contributed by atoms with van der Waals surface area (Å²) >= 11 is 0. The van der Waals surface area contributed by atoms with Gasteiger partial charge >= 0.3 is 0 Å². The summed E-state index contributed by atoms with van der Waals surface area (Å²) in [4.78, 5) is 2.40. The Morgan fingerprint density at radius 3 is 2.69 bits per heavy atom. The maximum Gasteiger partial charge on any atom is 0.189 e. The lowest BCUT2D eigenvalue weighted by molar-refractivity contribution is 0.0800. The van der Waals surface area contributed by atoms with Crippen LogP contribution in [0.25, 0.3) is 0 Å². The smallest absolute Gasteiger partial charge is 0.189 e. The van der Waals surface area contributed by atoms with Crippen LogP contribution in [0.15, 0.2) is 36.1 Å². The molecular formula is C22H39NO3. The van der Waals surface area contributed by atoms with Crippen molar-refractivity contribution in [2.24, 2.45) is 11.8 Å². The van der Waals surface area contributed by atoms with Gasteiger partial charge in [-0.2, -0.15) is 0 Å². The number of aliphatic hydroxyl groups is 1. The zero-order valence-electron chi connectivity index (χ0n) is 17.1. The molecule has 2 atom stereocenters. The molecule has 1 heterocycles. The van der Waals surface area contributed by atoms with E-state index < -0.39 is 0 Å². The third-order valence-electron chi connectivity index (χ3n) is 5.04. The number of unbranched alkanes of at least 4 members (excludes halogenated alkanes) is 1. The molecule has 0 aromatic rings. The van der Waals surface area contributed by atoms with Crippen molar-refractivity contribution in [1.29, 1.82) is 0 Å². The molecule has 2 unspecified atom stereocenters. The molecule has 0 saturated carbocycles. The molecule has 0 bridgehead atoms.